The molecule has 4 N–H and O–H groups in total. The van der Waals surface area contributed by atoms with Gasteiger partial charge in [-0.15, -0.1) is 0 Å². The van der Waals surface area contributed by atoms with E-state index in [-0.39, 0.29) is 12.5 Å². The van der Waals surface area contributed by atoms with Gasteiger partial charge in [0.15, 0.2) is 0 Å². The first kappa shape index (κ1) is 15.1. The van der Waals surface area contributed by atoms with Crippen molar-refractivity contribution in [2.45, 2.75) is 26.3 Å². The third-order valence-electron chi connectivity index (χ3n) is 2.47. The summed E-state index contributed by atoms with van der Waals surface area (Å²) in [5, 5.41) is 0. The van der Waals surface area contributed by atoms with Gasteiger partial charge in [0, 0.05) is 12.1 Å². The molecule has 96 valence electrons. The van der Waals surface area contributed by atoms with Crippen LogP contribution in [0, 0.1) is 5.92 Å². The van der Waals surface area contributed by atoms with Crippen LogP contribution in [0.4, 0.5) is 4.79 Å². The largest absolute Gasteiger partial charge is 0.452 e. The molecular weight excluding hydrogens is 234 g/mol. The molecule has 16 heavy (non-hydrogen) atoms. The summed E-state index contributed by atoms with van der Waals surface area (Å²) in [4.78, 5) is 10.8. The first-order valence-corrected chi connectivity index (χ1v) is 6.25. The molecule has 1 unspecified atom stereocenters. The predicted octanol–water partition coefficient (Wildman–Crippen LogP) is -0.450. The Labute approximate surface area is 95.9 Å². The number of amides is 1. The number of hydrogen-bond acceptors (Lipinski definition) is 5. The molecule has 0 saturated heterocycles. The fraction of sp³-hybridized carbons (Fsp3) is 0.875. The van der Waals surface area contributed by atoms with E-state index in [1.54, 1.807) is 11.6 Å². The van der Waals surface area contributed by atoms with Crippen LogP contribution in [0.25, 0.3) is 0 Å². The van der Waals surface area contributed by atoms with Crippen molar-refractivity contribution in [1.82, 2.24) is 9.44 Å². The quantitative estimate of drug-likeness (QED) is 0.614. The molecule has 0 bridgehead atoms. The lowest BCUT2D eigenvalue weighted by Crippen LogP contribution is -2.58. The summed E-state index contributed by atoms with van der Waals surface area (Å²) in [7, 11) is -2.88. The van der Waals surface area contributed by atoms with Gasteiger partial charge in [0.25, 0.3) is 0 Å². The van der Waals surface area contributed by atoms with E-state index in [0.29, 0.717) is 0 Å². The number of methoxy groups -OCH3 is 1. The average Bonchev–Trinajstić information content (AvgIpc) is 2.15. The molecule has 0 aromatic carbocycles. The van der Waals surface area contributed by atoms with E-state index in [4.69, 9.17) is 5.73 Å². The van der Waals surface area contributed by atoms with Crippen molar-refractivity contribution in [1.29, 1.82) is 0 Å². The van der Waals surface area contributed by atoms with E-state index in [9.17, 15) is 13.2 Å². The maximum atomic E-state index is 11.5. The predicted molar refractivity (Wildman–Crippen MR) is 59.9 cm³/mol. The van der Waals surface area contributed by atoms with Gasteiger partial charge in [-0.05, 0) is 12.8 Å². The first-order valence-electron chi connectivity index (χ1n) is 4.76. The molecule has 0 radical (unpaired) electrons. The molecule has 1 amide bonds. The summed E-state index contributed by atoms with van der Waals surface area (Å²) in [6.07, 6.45) is -1.05. The van der Waals surface area contributed by atoms with Crippen LogP contribution in [0.2, 0.25) is 0 Å². The number of nitrogens with one attached hydrogen (secondary N) is 2. The molecular formula is C8H19N3O4S. The van der Waals surface area contributed by atoms with Crippen LogP contribution in [0.3, 0.4) is 0 Å². The molecule has 8 heteroatoms. The Kier molecular flexibility index (Phi) is 5.17. The minimum Gasteiger partial charge on any atom is -0.452 e. The van der Waals surface area contributed by atoms with Crippen molar-refractivity contribution in [3.8, 4) is 0 Å². The number of carbonyl (C=O) groups excluding carboxylic acids is 1. The molecule has 0 aliphatic carbocycles. The highest BCUT2D eigenvalue weighted by Crippen LogP contribution is 2.15. The fourth-order valence-corrected chi connectivity index (χ4v) is 2.17. The second kappa shape index (κ2) is 5.46. The highest BCUT2D eigenvalue weighted by atomic mass is 32.2. The smallest absolute Gasteiger partial charge is 0.421 e. The standard InChI is InChI=1S/C8H19N3O4S/c1-6(2)8(3,5-9)11-16(13,14)10-7(12)15-4/h6,11H,5,9H2,1-4H3,(H,10,12). The van der Waals surface area contributed by atoms with Crippen LogP contribution in [0.5, 0.6) is 0 Å². The van der Waals surface area contributed by atoms with Gasteiger partial charge in [-0.1, -0.05) is 13.8 Å². The van der Waals surface area contributed by atoms with Crippen molar-refractivity contribution in [2.24, 2.45) is 11.7 Å². The van der Waals surface area contributed by atoms with E-state index in [1.165, 1.54) is 0 Å². The van der Waals surface area contributed by atoms with E-state index >= 15 is 0 Å². The summed E-state index contributed by atoms with van der Waals surface area (Å²) in [5.41, 5.74) is 4.69. The molecule has 0 aliphatic heterocycles. The minimum atomic E-state index is -3.96. The van der Waals surface area contributed by atoms with Gasteiger partial charge in [0.05, 0.1) is 7.11 Å². The lowest BCUT2D eigenvalue weighted by Gasteiger charge is -2.32. The van der Waals surface area contributed by atoms with Gasteiger partial charge >= 0.3 is 16.3 Å². The summed E-state index contributed by atoms with van der Waals surface area (Å²) in [6, 6.07) is 0. The molecule has 0 heterocycles. The van der Waals surface area contributed by atoms with Gasteiger partial charge in [-0.25, -0.2) is 9.52 Å². The highest BCUT2D eigenvalue weighted by molar-refractivity contribution is 7.88. The molecule has 0 aromatic rings. The number of ether oxygens (including phenoxy) is 1. The van der Waals surface area contributed by atoms with Gasteiger partial charge in [0.1, 0.15) is 0 Å². The summed E-state index contributed by atoms with van der Waals surface area (Å²) in [6.45, 7) is 5.43. The molecule has 0 rings (SSSR count). The Bertz CT molecular complexity index is 341. The van der Waals surface area contributed by atoms with Crippen molar-refractivity contribution in [3.05, 3.63) is 0 Å². The summed E-state index contributed by atoms with van der Waals surface area (Å²) in [5.74, 6) is -0.0216. The van der Waals surface area contributed by atoms with E-state index < -0.39 is 21.8 Å². The van der Waals surface area contributed by atoms with Crippen molar-refractivity contribution < 1.29 is 17.9 Å². The van der Waals surface area contributed by atoms with Gasteiger partial charge in [-0.3, -0.25) is 0 Å². The zero-order valence-corrected chi connectivity index (χ0v) is 10.7. The third-order valence-corrected chi connectivity index (χ3v) is 3.64. The molecule has 0 spiro atoms. The van der Waals surface area contributed by atoms with E-state index in [2.05, 4.69) is 9.46 Å². The van der Waals surface area contributed by atoms with Crippen LogP contribution in [-0.4, -0.2) is 33.7 Å². The maximum Gasteiger partial charge on any atom is 0.421 e. The van der Waals surface area contributed by atoms with Crippen LogP contribution in [-0.2, 0) is 14.9 Å². The third kappa shape index (κ3) is 4.33. The number of hydrogen-bond donors (Lipinski definition) is 3. The molecule has 0 fully saturated rings. The lowest BCUT2D eigenvalue weighted by atomic mass is 9.90. The van der Waals surface area contributed by atoms with E-state index in [0.717, 1.165) is 7.11 Å². The van der Waals surface area contributed by atoms with E-state index in [1.807, 2.05) is 13.8 Å². The Balaban J connectivity index is 4.75. The van der Waals surface area contributed by atoms with Crippen LogP contribution < -0.4 is 15.2 Å². The topological polar surface area (TPSA) is 111 Å². The Hall–Kier alpha value is -0.860. The van der Waals surface area contributed by atoms with Crippen molar-refractivity contribution in [2.75, 3.05) is 13.7 Å². The Morgan fingerprint density at radius 2 is 2.00 bits per heavy atom. The molecule has 0 aliphatic rings. The number of carbonyl (C=O) groups is 1. The average molecular weight is 253 g/mol. The van der Waals surface area contributed by atoms with Crippen LogP contribution in [0.1, 0.15) is 20.8 Å². The van der Waals surface area contributed by atoms with Gasteiger partial charge < -0.3 is 10.5 Å². The highest BCUT2D eigenvalue weighted by Gasteiger charge is 2.32. The summed E-state index contributed by atoms with van der Waals surface area (Å²) < 4.78 is 31.2. The summed E-state index contributed by atoms with van der Waals surface area (Å²) >= 11 is 0. The Morgan fingerprint density at radius 3 is 2.31 bits per heavy atom. The first-order chi connectivity index (χ1) is 7.17. The Morgan fingerprint density at radius 1 is 1.50 bits per heavy atom. The molecule has 0 saturated carbocycles. The zero-order valence-electron chi connectivity index (χ0n) is 9.90. The van der Waals surface area contributed by atoms with Crippen molar-refractivity contribution in [3.63, 3.8) is 0 Å². The molecule has 1 atom stereocenters. The van der Waals surface area contributed by atoms with Gasteiger partial charge in [-0.2, -0.15) is 13.1 Å². The minimum absolute atomic E-state index is 0.0216. The lowest BCUT2D eigenvalue weighted by molar-refractivity contribution is 0.177. The number of rotatable bonds is 5. The second-order valence-corrected chi connectivity index (χ2v) is 5.39. The van der Waals surface area contributed by atoms with Gasteiger partial charge in [0.2, 0.25) is 0 Å². The zero-order chi connectivity index (χ0) is 13.0. The monoisotopic (exact) mass is 253 g/mol. The molecule has 7 nitrogen and oxygen atoms in total. The maximum absolute atomic E-state index is 11.5. The molecule has 0 aromatic heterocycles. The van der Waals surface area contributed by atoms with Crippen LogP contribution >= 0.6 is 0 Å². The fourth-order valence-electron chi connectivity index (χ4n) is 0.879. The van der Waals surface area contributed by atoms with Crippen molar-refractivity contribution >= 4 is 16.3 Å². The SMILES string of the molecule is COC(=O)NS(=O)(=O)NC(C)(CN)C(C)C. The van der Waals surface area contributed by atoms with Crippen LogP contribution in [0.15, 0.2) is 0 Å². The number of nitrogens with two attached hydrogens (primary N) is 1. The second-order valence-electron chi connectivity index (χ2n) is 3.98. The normalized spacial score (nSPS) is 15.6.